The van der Waals surface area contributed by atoms with Crippen LogP contribution in [0.2, 0.25) is 0 Å². The zero-order chi connectivity index (χ0) is 10.4. The zero-order valence-corrected chi connectivity index (χ0v) is 8.29. The molecule has 1 amide bonds. The minimum absolute atomic E-state index is 0.0806. The molecule has 0 bridgehead atoms. The summed E-state index contributed by atoms with van der Waals surface area (Å²) in [7, 11) is 0. The number of nitrogens with two attached hydrogens (primary N) is 2. The predicted molar refractivity (Wildman–Crippen MR) is 50.9 cm³/mol. The van der Waals surface area contributed by atoms with Crippen molar-refractivity contribution in [3.63, 3.8) is 0 Å². The fourth-order valence-corrected chi connectivity index (χ4v) is 0.775. The number of thiol groups is 1. The minimum Gasteiger partial charge on any atom is -0.451 e. The van der Waals surface area contributed by atoms with E-state index in [4.69, 9.17) is 16.2 Å². The summed E-state index contributed by atoms with van der Waals surface area (Å²) in [5.41, 5.74) is 9.78. The molecule has 0 aliphatic rings. The van der Waals surface area contributed by atoms with Gasteiger partial charge in [-0.15, -0.1) is 12.6 Å². The molecule has 2 atom stereocenters. The summed E-state index contributed by atoms with van der Waals surface area (Å²) in [5.74, 6) is -1.05. The van der Waals surface area contributed by atoms with Crippen LogP contribution in [0.3, 0.4) is 0 Å². The highest BCUT2D eigenvalue weighted by atomic mass is 32.1. The van der Waals surface area contributed by atoms with Gasteiger partial charge in [0.25, 0.3) is 0 Å². The van der Waals surface area contributed by atoms with E-state index in [1.807, 2.05) is 0 Å². The summed E-state index contributed by atoms with van der Waals surface area (Å²) >= 11 is 3.85. The molecule has 4 N–H and O–H groups in total. The fraction of sp³-hybridized carbons (Fsp3) is 0.714. The Bertz CT molecular complexity index is 196. The predicted octanol–water partition coefficient (Wildman–Crippen LogP) is -0.602. The average molecular weight is 206 g/mol. The Labute approximate surface area is 82.2 Å². The molecule has 0 spiro atoms. The van der Waals surface area contributed by atoms with Crippen molar-refractivity contribution < 1.29 is 14.3 Å². The van der Waals surface area contributed by atoms with Crippen molar-refractivity contribution in [2.24, 2.45) is 11.5 Å². The SMILES string of the molecule is CC(S)OC(=O)[C@@H](N)CCC(N)=O. The van der Waals surface area contributed by atoms with Gasteiger partial charge in [-0.1, -0.05) is 0 Å². The lowest BCUT2D eigenvalue weighted by molar-refractivity contribution is -0.146. The second-order valence-electron chi connectivity index (χ2n) is 2.65. The lowest BCUT2D eigenvalue weighted by atomic mass is 10.1. The molecule has 0 radical (unpaired) electrons. The molecule has 5 nitrogen and oxygen atoms in total. The molecule has 0 aromatic heterocycles. The topological polar surface area (TPSA) is 95.4 Å². The number of hydrogen-bond acceptors (Lipinski definition) is 5. The monoisotopic (exact) mass is 206 g/mol. The third kappa shape index (κ3) is 6.41. The van der Waals surface area contributed by atoms with Gasteiger partial charge in [0.2, 0.25) is 5.91 Å². The van der Waals surface area contributed by atoms with Gasteiger partial charge < -0.3 is 16.2 Å². The Kier molecular flexibility index (Phi) is 5.48. The van der Waals surface area contributed by atoms with Gasteiger partial charge >= 0.3 is 5.97 Å². The Hall–Kier alpha value is -0.750. The summed E-state index contributed by atoms with van der Waals surface area (Å²) in [5, 5.41) is 0. The Morgan fingerprint density at radius 2 is 2.08 bits per heavy atom. The number of carbonyl (C=O) groups is 2. The van der Waals surface area contributed by atoms with Gasteiger partial charge in [-0.25, -0.2) is 0 Å². The zero-order valence-electron chi connectivity index (χ0n) is 7.40. The van der Waals surface area contributed by atoms with Crippen LogP contribution in [-0.2, 0) is 14.3 Å². The molecule has 0 aliphatic carbocycles. The molecule has 0 aliphatic heterocycles. The standard InChI is InChI=1S/C7H14N2O3S/c1-4(13)12-7(11)5(8)2-3-6(9)10/h4-5,13H,2-3,8H2,1H3,(H2,9,10)/t4?,5-/m0/s1. The van der Waals surface area contributed by atoms with Crippen molar-refractivity contribution in [3.8, 4) is 0 Å². The first-order chi connectivity index (χ1) is 5.93. The highest BCUT2D eigenvalue weighted by molar-refractivity contribution is 7.80. The molecule has 0 saturated carbocycles. The number of carbonyl (C=O) groups excluding carboxylic acids is 2. The van der Waals surface area contributed by atoms with Crippen molar-refractivity contribution in [1.82, 2.24) is 0 Å². The van der Waals surface area contributed by atoms with Crippen molar-refractivity contribution in [2.45, 2.75) is 31.2 Å². The molecule has 0 fully saturated rings. The van der Waals surface area contributed by atoms with E-state index in [0.29, 0.717) is 0 Å². The van der Waals surface area contributed by atoms with Gasteiger partial charge in [0.15, 0.2) is 0 Å². The number of primary amides is 1. The quantitative estimate of drug-likeness (QED) is 0.318. The van der Waals surface area contributed by atoms with Gasteiger partial charge in [-0.3, -0.25) is 9.59 Å². The maximum Gasteiger partial charge on any atom is 0.324 e. The number of amides is 1. The molecular formula is C7H14N2O3S. The summed E-state index contributed by atoms with van der Waals surface area (Å²) in [6, 6.07) is -0.804. The lowest BCUT2D eigenvalue weighted by Gasteiger charge is -2.12. The van der Waals surface area contributed by atoms with Gasteiger partial charge in [-0.2, -0.15) is 0 Å². The minimum atomic E-state index is -0.804. The molecule has 76 valence electrons. The van der Waals surface area contributed by atoms with Gasteiger partial charge in [0.05, 0.1) is 0 Å². The molecule has 13 heavy (non-hydrogen) atoms. The van der Waals surface area contributed by atoms with Crippen LogP contribution < -0.4 is 11.5 Å². The molecule has 1 unspecified atom stereocenters. The van der Waals surface area contributed by atoms with Crippen molar-refractivity contribution in [2.75, 3.05) is 0 Å². The first-order valence-corrected chi connectivity index (χ1v) is 4.37. The first-order valence-electron chi connectivity index (χ1n) is 3.86. The Morgan fingerprint density at radius 1 is 1.54 bits per heavy atom. The van der Waals surface area contributed by atoms with E-state index in [-0.39, 0.29) is 12.8 Å². The van der Waals surface area contributed by atoms with Crippen LogP contribution in [0.25, 0.3) is 0 Å². The lowest BCUT2D eigenvalue weighted by Crippen LogP contribution is -2.34. The number of rotatable bonds is 5. The van der Waals surface area contributed by atoms with E-state index in [1.54, 1.807) is 6.92 Å². The summed E-state index contributed by atoms with van der Waals surface area (Å²) < 4.78 is 4.69. The Balaban J connectivity index is 3.76. The maximum atomic E-state index is 11.0. The van der Waals surface area contributed by atoms with E-state index in [0.717, 1.165) is 0 Å². The average Bonchev–Trinajstić information content (AvgIpc) is 1.98. The van der Waals surface area contributed by atoms with Crippen LogP contribution in [0.4, 0.5) is 0 Å². The molecule has 6 heteroatoms. The molecule has 0 saturated heterocycles. The van der Waals surface area contributed by atoms with E-state index >= 15 is 0 Å². The van der Waals surface area contributed by atoms with E-state index < -0.39 is 23.4 Å². The van der Waals surface area contributed by atoms with Gasteiger partial charge in [0.1, 0.15) is 11.5 Å². The molecule has 0 heterocycles. The Morgan fingerprint density at radius 3 is 2.46 bits per heavy atom. The second kappa shape index (κ2) is 5.82. The molecule has 0 rings (SSSR count). The molecule has 0 aromatic carbocycles. The normalized spacial score (nSPS) is 14.7. The summed E-state index contributed by atoms with van der Waals surface area (Å²) in [6.45, 7) is 1.60. The third-order valence-corrected chi connectivity index (χ3v) is 1.40. The van der Waals surface area contributed by atoms with E-state index in [9.17, 15) is 9.59 Å². The first kappa shape index (κ1) is 12.2. The largest absolute Gasteiger partial charge is 0.451 e. The highest BCUT2D eigenvalue weighted by Crippen LogP contribution is 2.01. The van der Waals surface area contributed by atoms with Crippen molar-refractivity contribution >= 4 is 24.5 Å². The number of esters is 1. The van der Waals surface area contributed by atoms with Crippen LogP contribution in [0.1, 0.15) is 19.8 Å². The van der Waals surface area contributed by atoms with Crippen LogP contribution in [0.15, 0.2) is 0 Å². The van der Waals surface area contributed by atoms with Crippen molar-refractivity contribution in [3.05, 3.63) is 0 Å². The smallest absolute Gasteiger partial charge is 0.324 e. The number of ether oxygens (including phenoxy) is 1. The molecule has 0 aromatic rings. The van der Waals surface area contributed by atoms with Crippen LogP contribution in [0.5, 0.6) is 0 Å². The van der Waals surface area contributed by atoms with Crippen molar-refractivity contribution in [1.29, 1.82) is 0 Å². The number of hydrogen-bond donors (Lipinski definition) is 3. The fourth-order valence-electron chi connectivity index (χ4n) is 0.671. The van der Waals surface area contributed by atoms with Crippen LogP contribution in [-0.4, -0.2) is 23.4 Å². The highest BCUT2D eigenvalue weighted by Gasteiger charge is 2.16. The second-order valence-corrected chi connectivity index (χ2v) is 3.37. The summed E-state index contributed by atoms with van der Waals surface area (Å²) in [4.78, 5) is 21.4. The third-order valence-electron chi connectivity index (χ3n) is 1.29. The van der Waals surface area contributed by atoms with Crippen LogP contribution in [0, 0.1) is 0 Å². The van der Waals surface area contributed by atoms with E-state index in [1.165, 1.54) is 0 Å². The van der Waals surface area contributed by atoms with E-state index in [2.05, 4.69) is 12.6 Å². The van der Waals surface area contributed by atoms with Crippen LogP contribution >= 0.6 is 12.6 Å². The van der Waals surface area contributed by atoms with Gasteiger partial charge in [0, 0.05) is 6.42 Å². The molecular weight excluding hydrogens is 192 g/mol. The van der Waals surface area contributed by atoms with Gasteiger partial charge in [-0.05, 0) is 13.3 Å². The maximum absolute atomic E-state index is 11.0. The summed E-state index contributed by atoms with van der Waals surface area (Å²) in [6.07, 6.45) is 0.284.